The third kappa shape index (κ3) is 5.77. The highest BCUT2D eigenvalue weighted by molar-refractivity contribution is 6.31. The summed E-state index contributed by atoms with van der Waals surface area (Å²) < 4.78 is 32.8. The first kappa shape index (κ1) is 26.2. The predicted molar refractivity (Wildman–Crippen MR) is 132 cm³/mol. The van der Waals surface area contributed by atoms with Crippen LogP contribution in [0, 0.1) is 19.7 Å². The zero-order valence-electron chi connectivity index (χ0n) is 20.3. The molecule has 1 aromatic heterocycles. The van der Waals surface area contributed by atoms with Gasteiger partial charge >= 0.3 is 0 Å². The number of piperidine rings is 1. The molecule has 1 amide bonds. The monoisotopic (exact) mass is 521 g/mol. The summed E-state index contributed by atoms with van der Waals surface area (Å²) in [4.78, 5) is 25.8. The number of aliphatic hydroxyl groups is 1. The standard InChI is InChI=1S/C25H30ClF2N5O3/c1-14-23(26)15(2)31-24(30-14)20-12-33(13-21(20)29)25(35)19-4-3-16(28)9-22(19)36-18-5-7-32(8-6-18)11-17(34)10-27/h3-4,9,17-18,34H,5-8,10-13,29H2,1-2H3. The minimum absolute atomic E-state index is 0.170. The van der Waals surface area contributed by atoms with E-state index in [0.29, 0.717) is 59.4 Å². The lowest BCUT2D eigenvalue weighted by molar-refractivity contribution is 0.0504. The molecule has 1 atom stereocenters. The Labute approximate surface area is 213 Å². The molecule has 0 bridgehead atoms. The lowest BCUT2D eigenvalue weighted by atomic mass is 10.1. The number of alkyl halides is 1. The van der Waals surface area contributed by atoms with Gasteiger partial charge in [0.15, 0.2) is 5.82 Å². The van der Waals surface area contributed by atoms with Gasteiger partial charge < -0.3 is 25.4 Å². The van der Waals surface area contributed by atoms with Crippen molar-refractivity contribution in [2.24, 2.45) is 5.73 Å². The van der Waals surface area contributed by atoms with Crippen molar-refractivity contribution in [3.05, 3.63) is 57.5 Å². The molecule has 0 spiro atoms. The molecule has 2 aliphatic rings. The van der Waals surface area contributed by atoms with Crippen LogP contribution < -0.4 is 10.5 Å². The van der Waals surface area contributed by atoms with Gasteiger partial charge in [-0.05, 0) is 38.8 Å². The van der Waals surface area contributed by atoms with Gasteiger partial charge in [-0.2, -0.15) is 0 Å². The Bertz CT molecular complexity index is 1150. The summed E-state index contributed by atoms with van der Waals surface area (Å²) in [7, 11) is 0. The second-order valence-corrected chi connectivity index (χ2v) is 9.64. The van der Waals surface area contributed by atoms with Gasteiger partial charge in [0.25, 0.3) is 5.91 Å². The number of aryl methyl sites for hydroxylation is 2. The molecule has 11 heteroatoms. The Morgan fingerprint density at radius 3 is 2.56 bits per heavy atom. The number of amides is 1. The number of ether oxygens (including phenoxy) is 1. The van der Waals surface area contributed by atoms with Crippen molar-refractivity contribution in [3.8, 4) is 5.75 Å². The second-order valence-electron chi connectivity index (χ2n) is 9.26. The molecule has 1 unspecified atom stereocenters. The van der Waals surface area contributed by atoms with Crippen LogP contribution in [-0.4, -0.2) is 82.4 Å². The van der Waals surface area contributed by atoms with E-state index in [1.54, 1.807) is 18.7 Å². The van der Waals surface area contributed by atoms with Crippen LogP contribution in [0.4, 0.5) is 8.78 Å². The van der Waals surface area contributed by atoms with E-state index in [4.69, 9.17) is 22.1 Å². The number of nitrogens with zero attached hydrogens (tertiary/aromatic N) is 4. The van der Waals surface area contributed by atoms with Gasteiger partial charge in [-0.25, -0.2) is 18.7 Å². The fourth-order valence-electron chi connectivity index (χ4n) is 4.52. The molecular weight excluding hydrogens is 492 g/mol. The summed E-state index contributed by atoms with van der Waals surface area (Å²) in [5.74, 6) is -0.245. The molecule has 0 saturated carbocycles. The molecule has 1 aromatic carbocycles. The molecule has 2 aromatic rings. The maximum absolute atomic E-state index is 14.1. The van der Waals surface area contributed by atoms with Crippen molar-refractivity contribution in [2.45, 2.75) is 38.9 Å². The van der Waals surface area contributed by atoms with Gasteiger partial charge in [0.2, 0.25) is 0 Å². The number of halogens is 3. The normalized spacial score (nSPS) is 18.1. The first-order valence-electron chi connectivity index (χ1n) is 11.9. The van der Waals surface area contributed by atoms with E-state index < -0.39 is 18.6 Å². The molecule has 2 aliphatic heterocycles. The summed E-state index contributed by atoms with van der Waals surface area (Å²) >= 11 is 6.19. The third-order valence-electron chi connectivity index (χ3n) is 6.49. The molecule has 1 fully saturated rings. The van der Waals surface area contributed by atoms with Crippen molar-refractivity contribution in [3.63, 3.8) is 0 Å². The number of rotatable bonds is 7. The molecule has 194 valence electrons. The number of hydrogen-bond acceptors (Lipinski definition) is 7. The van der Waals surface area contributed by atoms with Gasteiger partial charge in [0.05, 0.1) is 41.2 Å². The van der Waals surface area contributed by atoms with Crippen LogP contribution in [0.1, 0.15) is 40.4 Å². The van der Waals surface area contributed by atoms with E-state index in [1.165, 1.54) is 18.2 Å². The number of likely N-dealkylation sites (tertiary alicyclic amines) is 1. The maximum atomic E-state index is 14.1. The van der Waals surface area contributed by atoms with Gasteiger partial charge in [-0.3, -0.25) is 4.79 Å². The first-order chi connectivity index (χ1) is 17.2. The minimum atomic E-state index is -1.01. The fraction of sp³-hybridized carbons (Fsp3) is 0.480. The molecular formula is C25H30ClF2N5O3. The summed E-state index contributed by atoms with van der Waals surface area (Å²) in [6.07, 6.45) is -0.0220. The van der Waals surface area contributed by atoms with Crippen LogP contribution in [-0.2, 0) is 0 Å². The van der Waals surface area contributed by atoms with Crippen LogP contribution in [0.3, 0.4) is 0 Å². The average molecular weight is 522 g/mol. The number of nitrogens with two attached hydrogens (primary N) is 1. The number of carbonyl (C=O) groups is 1. The summed E-state index contributed by atoms with van der Waals surface area (Å²) in [6, 6.07) is 3.86. The highest BCUT2D eigenvalue weighted by Crippen LogP contribution is 2.30. The molecule has 3 N–H and O–H groups in total. The van der Waals surface area contributed by atoms with E-state index >= 15 is 0 Å². The Hall–Kier alpha value is -2.82. The molecule has 36 heavy (non-hydrogen) atoms. The van der Waals surface area contributed by atoms with Crippen LogP contribution >= 0.6 is 11.6 Å². The second kappa shape index (κ2) is 11.1. The van der Waals surface area contributed by atoms with Crippen LogP contribution in [0.5, 0.6) is 5.75 Å². The number of aromatic nitrogens is 2. The smallest absolute Gasteiger partial charge is 0.258 e. The summed E-state index contributed by atoms with van der Waals surface area (Å²) in [5, 5.41) is 10.0. The van der Waals surface area contributed by atoms with E-state index in [1.807, 2.05) is 4.90 Å². The number of aliphatic hydroxyl groups excluding tert-OH is 1. The van der Waals surface area contributed by atoms with E-state index in [2.05, 4.69) is 9.97 Å². The Morgan fingerprint density at radius 2 is 1.92 bits per heavy atom. The highest BCUT2D eigenvalue weighted by atomic mass is 35.5. The van der Waals surface area contributed by atoms with E-state index in [0.717, 1.165) is 0 Å². The highest BCUT2D eigenvalue weighted by Gasteiger charge is 2.31. The number of β-amino-alcohol motifs (C(OH)–C–C–N with tert-alkyl or cyclic N) is 1. The predicted octanol–water partition coefficient (Wildman–Crippen LogP) is 2.89. The average Bonchev–Trinajstić information content (AvgIpc) is 3.24. The Balaban J connectivity index is 1.46. The molecule has 8 nitrogen and oxygen atoms in total. The van der Waals surface area contributed by atoms with E-state index in [-0.39, 0.29) is 43.0 Å². The van der Waals surface area contributed by atoms with Gasteiger partial charge in [-0.15, -0.1) is 0 Å². The summed E-state index contributed by atoms with van der Waals surface area (Å²) in [6.45, 7) is 4.64. The third-order valence-corrected chi connectivity index (χ3v) is 7.03. The zero-order chi connectivity index (χ0) is 26.0. The molecule has 4 rings (SSSR count). The summed E-state index contributed by atoms with van der Waals surface area (Å²) in [5.41, 5.74) is 8.89. The van der Waals surface area contributed by atoms with Gasteiger partial charge in [0, 0.05) is 37.0 Å². The maximum Gasteiger partial charge on any atom is 0.258 e. The van der Waals surface area contributed by atoms with Crippen molar-refractivity contribution >= 4 is 23.1 Å². The number of benzene rings is 1. The fourth-order valence-corrected chi connectivity index (χ4v) is 4.61. The molecule has 3 heterocycles. The minimum Gasteiger partial charge on any atom is -0.489 e. The Morgan fingerprint density at radius 1 is 1.25 bits per heavy atom. The number of hydrogen-bond donors (Lipinski definition) is 2. The van der Waals surface area contributed by atoms with Gasteiger partial charge in [-0.1, -0.05) is 11.6 Å². The SMILES string of the molecule is Cc1nc(C2=C(N)CN(C(=O)c3ccc(F)cc3OC3CCN(CC(O)CF)CC3)C2)nc(C)c1Cl. The van der Waals surface area contributed by atoms with Crippen molar-refractivity contribution in [1.82, 2.24) is 19.8 Å². The van der Waals surface area contributed by atoms with Crippen LogP contribution in [0.15, 0.2) is 23.9 Å². The molecule has 1 saturated heterocycles. The topological polar surface area (TPSA) is 105 Å². The van der Waals surface area contributed by atoms with Crippen LogP contribution in [0.2, 0.25) is 5.02 Å². The lowest BCUT2D eigenvalue weighted by Gasteiger charge is -2.33. The zero-order valence-corrected chi connectivity index (χ0v) is 21.1. The quantitative estimate of drug-likeness (QED) is 0.577. The van der Waals surface area contributed by atoms with Crippen molar-refractivity contribution in [2.75, 3.05) is 39.4 Å². The number of carbonyl (C=O) groups excluding carboxylic acids is 1. The molecule has 0 radical (unpaired) electrons. The van der Waals surface area contributed by atoms with Crippen molar-refractivity contribution in [1.29, 1.82) is 0 Å². The van der Waals surface area contributed by atoms with Gasteiger partial charge in [0.1, 0.15) is 24.3 Å². The first-order valence-corrected chi connectivity index (χ1v) is 12.2. The van der Waals surface area contributed by atoms with E-state index in [9.17, 15) is 18.7 Å². The molecule has 0 aliphatic carbocycles. The lowest BCUT2D eigenvalue weighted by Crippen LogP contribution is -2.42. The largest absolute Gasteiger partial charge is 0.489 e. The van der Waals surface area contributed by atoms with Crippen molar-refractivity contribution < 1.29 is 23.4 Å². The Kier molecular flexibility index (Phi) is 8.07. The van der Waals surface area contributed by atoms with Crippen LogP contribution in [0.25, 0.3) is 5.57 Å².